The molecule has 5 heteroatoms. The molecule has 3 rings (SSSR count). The van der Waals surface area contributed by atoms with Gasteiger partial charge in [-0.3, -0.25) is 0 Å². The van der Waals surface area contributed by atoms with Gasteiger partial charge >= 0.3 is 6.03 Å². The molecule has 3 N–H and O–H groups in total. The summed E-state index contributed by atoms with van der Waals surface area (Å²) in [6, 6.07) is 14.0. The molecule has 5 nitrogen and oxygen atoms in total. The molecule has 0 spiro atoms. The summed E-state index contributed by atoms with van der Waals surface area (Å²) in [6.07, 6.45) is -0.103. The zero-order chi connectivity index (χ0) is 16.4. The van der Waals surface area contributed by atoms with Crippen LogP contribution in [0.1, 0.15) is 28.3 Å². The van der Waals surface area contributed by atoms with Crippen LogP contribution in [0.5, 0.6) is 0 Å². The molecule has 116 valence electrons. The number of hydrogen-bond donors (Lipinski definition) is 3. The van der Waals surface area contributed by atoms with Crippen LogP contribution in [0, 0.1) is 18.3 Å². The third-order valence-corrected chi connectivity index (χ3v) is 4.11. The minimum Gasteiger partial charge on any atom is -0.390 e. The van der Waals surface area contributed by atoms with E-state index >= 15 is 0 Å². The first kappa shape index (κ1) is 15.1. The largest absolute Gasteiger partial charge is 0.390 e. The Morgan fingerprint density at radius 1 is 1.30 bits per heavy atom. The lowest BCUT2D eigenvalue weighted by atomic mass is 10.1. The lowest BCUT2D eigenvalue weighted by Gasteiger charge is -2.19. The van der Waals surface area contributed by atoms with Crippen LogP contribution >= 0.6 is 0 Å². The SMILES string of the molecule is Cc1ccc(C#N)cc1NC(=O)N[C@H]1c2ccccc2C[C@H]1O. The van der Waals surface area contributed by atoms with E-state index in [9.17, 15) is 9.90 Å². The Kier molecular flexibility index (Phi) is 4.00. The summed E-state index contributed by atoms with van der Waals surface area (Å²) in [6.45, 7) is 1.86. The Morgan fingerprint density at radius 2 is 2.09 bits per heavy atom. The third kappa shape index (κ3) is 3.03. The highest BCUT2D eigenvalue weighted by atomic mass is 16.3. The third-order valence-electron chi connectivity index (χ3n) is 4.11. The number of carbonyl (C=O) groups excluding carboxylic acids is 1. The number of nitriles is 1. The van der Waals surface area contributed by atoms with Crippen LogP contribution in [0.15, 0.2) is 42.5 Å². The fraction of sp³-hybridized carbons (Fsp3) is 0.222. The van der Waals surface area contributed by atoms with Gasteiger partial charge < -0.3 is 15.7 Å². The van der Waals surface area contributed by atoms with E-state index in [1.54, 1.807) is 18.2 Å². The second-order valence-corrected chi connectivity index (χ2v) is 5.69. The maximum absolute atomic E-state index is 12.3. The molecule has 0 aliphatic heterocycles. The van der Waals surface area contributed by atoms with E-state index in [0.717, 1.165) is 16.7 Å². The van der Waals surface area contributed by atoms with E-state index in [1.165, 1.54) is 0 Å². The summed E-state index contributed by atoms with van der Waals surface area (Å²) < 4.78 is 0. The lowest BCUT2D eigenvalue weighted by molar-refractivity contribution is 0.144. The summed E-state index contributed by atoms with van der Waals surface area (Å²) in [5, 5.41) is 24.7. The monoisotopic (exact) mass is 307 g/mol. The maximum atomic E-state index is 12.3. The number of amides is 2. The minimum atomic E-state index is -0.635. The fourth-order valence-corrected chi connectivity index (χ4v) is 2.87. The minimum absolute atomic E-state index is 0.399. The standard InChI is InChI=1S/C18H17N3O2/c1-11-6-7-12(10-19)8-15(11)20-18(23)21-17-14-5-3-2-4-13(14)9-16(17)22/h2-8,16-17,22H,9H2,1H3,(H2,20,21,23)/t16-,17+/m1/s1. The van der Waals surface area contributed by atoms with Crippen molar-refractivity contribution >= 4 is 11.7 Å². The smallest absolute Gasteiger partial charge is 0.319 e. The average Bonchev–Trinajstić information content (AvgIpc) is 2.85. The zero-order valence-electron chi connectivity index (χ0n) is 12.7. The van der Waals surface area contributed by atoms with Gasteiger partial charge in [-0.15, -0.1) is 0 Å². The summed E-state index contributed by atoms with van der Waals surface area (Å²) in [5.74, 6) is 0. The molecule has 0 bridgehead atoms. The van der Waals surface area contributed by atoms with Gasteiger partial charge in [0.05, 0.1) is 23.8 Å². The average molecular weight is 307 g/mol. The first-order valence-electron chi connectivity index (χ1n) is 7.42. The normalized spacial score (nSPS) is 18.8. The fourth-order valence-electron chi connectivity index (χ4n) is 2.87. The zero-order valence-corrected chi connectivity index (χ0v) is 12.7. The highest BCUT2D eigenvalue weighted by Crippen LogP contribution is 2.31. The molecule has 2 atom stereocenters. The van der Waals surface area contributed by atoms with E-state index in [1.807, 2.05) is 37.3 Å². The van der Waals surface area contributed by atoms with Gasteiger partial charge in [-0.1, -0.05) is 30.3 Å². The second kappa shape index (κ2) is 6.11. The second-order valence-electron chi connectivity index (χ2n) is 5.69. The molecular weight excluding hydrogens is 290 g/mol. The molecule has 23 heavy (non-hydrogen) atoms. The first-order valence-corrected chi connectivity index (χ1v) is 7.42. The molecule has 2 aromatic carbocycles. The number of hydrogen-bond acceptors (Lipinski definition) is 3. The Morgan fingerprint density at radius 3 is 2.87 bits per heavy atom. The van der Waals surface area contributed by atoms with Crippen molar-refractivity contribution in [2.45, 2.75) is 25.5 Å². The van der Waals surface area contributed by atoms with E-state index in [2.05, 4.69) is 10.6 Å². The quantitative estimate of drug-likeness (QED) is 0.797. The summed E-state index contributed by atoms with van der Waals surface area (Å²) in [7, 11) is 0. The number of fused-ring (bicyclic) bond motifs is 1. The molecule has 0 heterocycles. The van der Waals surface area contributed by atoms with Crippen LogP contribution < -0.4 is 10.6 Å². The van der Waals surface area contributed by atoms with Gasteiger partial charge in [0.2, 0.25) is 0 Å². The predicted octanol–water partition coefficient (Wildman–Crippen LogP) is 2.65. The Balaban J connectivity index is 1.75. The number of carbonyl (C=O) groups is 1. The number of nitrogens with zero attached hydrogens (tertiary/aromatic N) is 1. The molecule has 0 unspecified atom stereocenters. The van der Waals surface area contributed by atoms with Crippen molar-refractivity contribution in [3.8, 4) is 6.07 Å². The topological polar surface area (TPSA) is 85.2 Å². The summed E-state index contributed by atoms with van der Waals surface area (Å²) >= 11 is 0. The number of aliphatic hydroxyl groups excluding tert-OH is 1. The van der Waals surface area contributed by atoms with Crippen LogP contribution in [0.2, 0.25) is 0 Å². The van der Waals surface area contributed by atoms with E-state index < -0.39 is 18.2 Å². The summed E-state index contributed by atoms with van der Waals surface area (Å²) in [5.41, 5.74) is 3.93. The molecule has 0 saturated carbocycles. The lowest BCUT2D eigenvalue weighted by Crippen LogP contribution is -2.36. The number of nitrogens with one attached hydrogen (secondary N) is 2. The van der Waals surface area contributed by atoms with Crippen molar-refractivity contribution < 1.29 is 9.90 Å². The molecule has 1 aliphatic rings. The van der Waals surface area contributed by atoms with Gasteiger partial charge in [0.25, 0.3) is 0 Å². The van der Waals surface area contributed by atoms with E-state index in [0.29, 0.717) is 17.7 Å². The van der Waals surface area contributed by atoms with E-state index in [4.69, 9.17) is 5.26 Å². The van der Waals surface area contributed by atoms with Gasteiger partial charge in [-0.05, 0) is 35.7 Å². The predicted molar refractivity (Wildman–Crippen MR) is 86.9 cm³/mol. The molecular formula is C18H17N3O2. The number of rotatable bonds is 2. The number of urea groups is 1. The molecule has 1 aliphatic carbocycles. The molecule has 0 aromatic heterocycles. The van der Waals surface area contributed by atoms with Crippen LogP contribution in [-0.4, -0.2) is 17.2 Å². The highest BCUT2D eigenvalue weighted by molar-refractivity contribution is 5.90. The first-order chi connectivity index (χ1) is 11.1. The van der Waals surface area contributed by atoms with Crippen LogP contribution in [0.4, 0.5) is 10.5 Å². The van der Waals surface area contributed by atoms with Gasteiger partial charge in [-0.25, -0.2) is 4.79 Å². The van der Waals surface area contributed by atoms with Crippen molar-refractivity contribution in [2.24, 2.45) is 0 Å². The molecule has 0 saturated heterocycles. The Hall–Kier alpha value is -2.84. The summed E-state index contributed by atoms with van der Waals surface area (Å²) in [4.78, 5) is 12.3. The van der Waals surface area contributed by atoms with Gasteiger partial charge in [0, 0.05) is 12.1 Å². The number of aryl methyl sites for hydroxylation is 1. The maximum Gasteiger partial charge on any atom is 0.319 e. The number of aliphatic hydroxyl groups is 1. The van der Waals surface area contributed by atoms with Gasteiger partial charge in [-0.2, -0.15) is 5.26 Å². The van der Waals surface area contributed by atoms with Crippen molar-refractivity contribution in [1.82, 2.24) is 5.32 Å². The van der Waals surface area contributed by atoms with Crippen molar-refractivity contribution in [2.75, 3.05) is 5.32 Å². The van der Waals surface area contributed by atoms with Gasteiger partial charge in [0.15, 0.2) is 0 Å². The van der Waals surface area contributed by atoms with Crippen molar-refractivity contribution in [1.29, 1.82) is 5.26 Å². The Labute approximate surface area is 134 Å². The van der Waals surface area contributed by atoms with Crippen molar-refractivity contribution in [3.63, 3.8) is 0 Å². The molecule has 0 radical (unpaired) electrons. The highest BCUT2D eigenvalue weighted by Gasteiger charge is 2.31. The van der Waals surface area contributed by atoms with Gasteiger partial charge in [0.1, 0.15) is 0 Å². The van der Waals surface area contributed by atoms with Crippen LogP contribution in [0.25, 0.3) is 0 Å². The molecule has 0 fully saturated rings. The van der Waals surface area contributed by atoms with Crippen molar-refractivity contribution in [3.05, 3.63) is 64.7 Å². The molecule has 2 amide bonds. The van der Waals surface area contributed by atoms with Crippen LogP contribution in [-0.2, 0) is 6.42 Å². The molecule has 2 aromatic rings. The number of benzene rings is 2. The number of anilines is 1. The Bertz CT molecular complexity index is 795. The van der Waals surface area contributed by atoms with Crippen LogP contribution in [0.3, 0.4) is 0 Å². The van der Waals surface area contributed by atoms with E-state index in [-0.39, 0.29) is 0 Å².